The Bertz CT molecular complexity index is 684. The third kappa shape index (κ3) is 6.36. The van der Waals surface area contributed by atoms with Gasteiger partial charge in [0.05, 0.1) is 16.4 Å². The Balaban J connectivity index is 2.75. The second-order valence-corrected chi connectivity index (χ2v) is 10.6. The normalized spacial score (nSPS) is 14.2. The van der Waals surface area contributed by atoms with Gasteiger partial charge in [0.1, 0.15) is 9.84 Å². The Labute approximate surface area is 141 Å². The van der Waals surface area contributed by atoms with Crippen molar-refractivity contribution in [1.29, 1.82) is 0 Å². The second kappa shape index (κ2) is 7.90. The number of benzene rings is 1. The van der Waals surface area contributed by atoms with Gasteiger partial charge in [-0.1, -0.05) is 22.9 Å². The third-order valence-electron chi connectivity index (χ3n) is 3.39. The minimum Gasteiger partial charge on any atom is -0.299 e. The van der Waals surface area contributed by atoms with Crippen LogP contribution in [-0.4, -0.2) is 58.6 Å². The van der Waals surface area contributed by atoms with E-state index in [0.29, 0.717) is 13.1 Å². The fraction of sp³-hybridized carbons (Fsp3) is 0.571. The van der Waals surface area contributed by atoms with Crippen molar-refractivity contribution in [2.75, 3.05) is 30.9 Å². The van der Waals surface area contributed by atoms with Crippen LogP contribution in [0.15, 0.2) is 33.6 Å². The van der Waals surface area contributed by atoms with Crippen molar-refractivity contribution in [1.82, 2.24) is 4.90 Å². The summed E-state index contributed by atoms with van der Waals surface area (Å²) < 4.78 is 48.2. The van der Waals surface area contributed by atoms with Crippen LogP contribution in [0.25, 0.3) is 0 Å². The molecule has 1 unspecified atom stereocenters. The number of nitrogens with zero attached hydrogens (tertiary/aromatic N) is 1. The van der Waals surface area contributed by atoms with E-state index < -0.39 is 19.7 Å². The summed E-state index contributed by atoms with van der Waals surface area (Å²) >= 11 is 3.27. The van der Waals surface area contributed by atoms with Crippen LogP contribution in [-0.2, 0) is 19.7 Å². The molecule has 0 aliphatic carbocycles. The zero-order valence-electron chi connectivity index (χ0n) is 13.0. The van der Waals surface area contributed by atoms with Gasteiger partial charge in [-0.2, -0.15) is 0 Å². The number of halogens is 1. The van der Waals surface area contributed by atoms with Crippen molar-refractivity contribution in [3.05, 3.63) is 28.7 Å². The topological polar surface area (TPSA) is 71.5 Å². The molecule has 1 atom stereocenters. The van der Waals surface area contributed by atoms with Gasteiger partial charge in [0.15, 0.2) is 9.84 Å². The van der Waals surface area contributed by atoms with Gasteiger partial charge in [0.25, 0.3) is 0 Å². The molecule has 0 radical (unpaired) electrons. The van der Waals surface area contributed by atoms with Gasteiger partial charge in [-0.15, -0.1) is 0 Å². The molecule has 1 aromatic rings. The molecule has 126 valence electrons. The maximum absolute atomic E-state index is 12.3. The summed E-state index contributed by atoms with van der Waals surface area (Å²) in [6, 6.07) is 6.30. The van der Waals surface area contributed by atoms with E-state index in [1.807, 2.05) is 11.8 Å². The van der Waals surface area contributed by atoms with Gasteiger partial charge in [-0.25, -0.2) is 16.8 Å². The SMILES string of the molecule is CCN(CCS(=O)(=O)c1ccc(Br)cc1)C(C)CS(C)(=O)=O. The standard InChI is InChI=1S/C14H22BrNO4S2/c1-4-16(12(2)11-21(3,17)18)9-10-22(19,20)14-7-5-13(15)6-8-14/h5-8,12H,4,9-11H2,1-3H3. The van der Waals surface area contributed by atoms with E-state index in [2.05, 4.69) is 15.9 Å². The Hall–Kier alpha value is -0.440. The largest absolute Gasteiger partial charge is 0.299 e. The molecule has 0 fully saturated rings. The summed E-state index contributed by atoms with van der Waals surface area (Å²) in [6.45, 7) is 4.61. The summed E-state index contributed by atoms with van der Waals surface area (Å²) in [6.07, 6.45) is 1.19. The van der Waals surface area contributed by atoms with Gasteiger partial charge >= 0.3 is 0 Å². The lowest BCUT2D eigenvalue weighted by Gasteiger charge is -2.27. The van der Waals surface area contributed by atoms with Crippen LogP contribution in [0.4, 0.5) is 0 Å². The summed E-state index contributed by atoms with van der Waals surface area (Å²) in [5.41, 5.74) is 0. The van der Waals surface area contributed by atoms with Gasteiger partial charge in [-0.05, 0) is 37.7 Å². The number of hydrogen-bond donors (Lipinski definition) is 0. The van der Waals surface area contributed by atoms with E-state index in [-0.39, 0.29) is 22.4 Å². The van der Waals surface area contributed by atoms with Gasteiger partial charge in [0, 0.05) is 23.3 Å². The molecule has 0 aliphatic rings. The molecular formula is C14H22BrNO4S2. The van der Waals surface area contributed by atoms with Crippen molar-refractivity contribution < 1.29 is 16.8 Å². The van der Waals surface area contributed by atoms with E-state index in [1.165, 1.54) is 6.26 Å². The number of sulfone groups is 2. The molecule has 1 aromatic carbocycles. The summed E-state index contributed by atoms with van der Waals surface area (Å²) in [4.78, 5) is 2.15. The molecule has 0 aliphatic heterocycles. The molecule has 1 rings (SSSR count). The van der Waals surface area contributed by atoms with Gasteiger partial charge in [0.2, 0.25) is 0 Å². The van der Waals surface area contributed by atoms with E-state index in [0.717, 1.165) is 4.47 Å². The maximum Gasteiger partial charge on any atom is 0.179 e. The summed E-state index contributed by atoms with van der Waals surface area (Å²) in [5.74, 6) is -0.00422. The van der Waals surface area contributed by atoms with Crippen LogP contribution < -0.4 is 0 Å². The fourth-order valence-corrected chi connectivity index (χ4v) is 4.84. The molecule has 0 N–H and O–H groups in total. The molecule has 0 aromatic heterocycles. The van der Waals surface area contributed by atoms with Crippen LogP contribution >= 0.6 is 15.9 Å². The Kier molecular flexibility index (Phi) is 7.04. The monoisotopic (exact) mass is 411 g/mol. The van der Waals surface area contributed by atoms with Crippen molar-refractivity contribution in [2.45, 2.75) is 24.8 Å². The quantitative estimate of drug-likeness (QED) is 0.653. The minimum atomic E-state index is -3.37. The predicted octanol–water partition coefficient (Wildman–Crippen LogP) is 1.98. The minimum absolute atomic E-state index is 0.0270. The lowest BCUT2D eigenvalue weighted by atomic mass is 10.3. The Morgan fingerprint density at radius 3 is 2.14 bits per heavy atom. The fourth-order valence-electron chi connectivity index (χ4n) is 2.23. The zero-order chi connectivity index (χ0) is 17.0. The lowest BCUT2D eigenvalue weighted by molar-refractivity contribution is 0.249. The second-order valence-electron chi connectivity index (χ2n) is 5.34. The molecule has 0 bridgehead atoms. The zero-order valence-corrected chi connectivity index (χ0v) is 16.2. The molecule has 0 saturated heterocycles. The van der Waals surface area contributed by atoms with E-state index in [1.54, 1.807) is 31.2 Å². The van der Waals surface area contributed by atoms with Crippen LogP contribution in [0, 0.1) is 0 Å². The maximum atomic E-state index is 12.3. The Morgan fingerprint density at radius 2 is 1.68 bits per heavy atom. The number of hydrogen-bond acceptors (Lipinski definition) is 5. The molecule has 5 nitrogen and oxygen atoms in total. The Morgan fingerprint density at radius 1 is 1.14 bits per heavy atom. The van der Waals surface area contributed by atoms with Crippen LogP contribution in [0.3, 0.4) is 0 Å². The molecule has 0 heterocycles. The van der Waals surface area contributed by atoms with E-state index in [9.17, 15) is 16.8 Å². The highest BCUT2D eigenvalue weighted by atomic mass is 79.9. The summed E-state index contributed by atoms with van der Waals surface area (Å²) in [5, 5.41) is 0. The number of rotatable bonds is 8. The van der Waals surface area contributed by atoms with E-state index >= 15 is 0 Å². The van der Waals surface area contributed by atoms with Crippen molar-refractivity contribution in [3.8, 4) is 0 Å². The molecule has 0 amide bonds. The summed E-state index contributed by atoms with van der Waals surface area (Å²) in [7, 11) is -6.46. The molecular weight excluding hydrogens is 390 g/mol. The van der Waals surface area contributed by atoms with Crippen LogP contribution in [0.2, 0.25) is 0 Å². The predicted molar refractivity (Wildman–Crippen MR) is 92.6 cm³/mol. The average molecular weight is 412 g/mol. The van der Waals surface area contributed by atoms with Gasteiger partial charge < -0.3 is 0 Å². The van der Waals surface area contributed by atoms with Crippen LogP contribution in [0.1, 0.15) is 13.8 Å². The molecule has 0 saturated carbocycles. The van der Waals surface area contributed by atoms with Gasteiger partial charge in [-0.3, -0.25) is 4.90 Å². The molecule has 8 heteroatoms. The third-order valence-corrected chi connectivity index (χ3v) is 6.72. The lowest BCUT2D eigenvalue weighted by Crippen LogP contribution is -2.40. The molecule has 0 spiro atoms. The highest BCUT2D eigenvalue weighted by molar-refractivity contribution is 9.10. The molecule has 22 heavy (non-hydrogen) atoms. The van der Waals surface area contributed by atoms with Crippen LogP contribution in [0.5, 0.6) is 0 Å². The van der Waals surface area contributed by atoms with Crippen molar-refractivity contribution in [3.63, 3.8) is 0 Å². The average Bonchev–Trinajstić information content (AvgIpc) is 2.37. The van der Waals surface area contributed by atoms with E-state index in [4.69, 9.17) is 0 Å². The first-order chi connectivity index (χ1) is 10.0. The highest BCUT2D eigenvalue weighted by Gasteiger charge is 2.21. The first kappa shape index (κ1) is 19.6. The first-order valence-electron chi connectivity index (χ1n) is 6.95. The first-order valence-corrected chi connectivity index (χ1v) is 11.5. The van der Waals surface area contributed by atoms with Crippen molar-refractivity contribution >= 4 is 35.6 Å². The highest BCUT2D eigenvalue weighted by Crippen LogP contribution is 2.16. The van der Waals surface area contributed by atoms with Crippen molar-refractivity contribution in [2.24, 2.45) is 0 Å². The smallest absolute Gasteiger partial charge is 0.179 e.